The van der Waals surface area contributed by atoms with Crippen molar-refractivity contribution in [2.75, 3.05) is 44.7 Å². The number of hydrogen-bond donors (Lipinski definition) is 1. The predicted octanol–water partition coefficient (Wildman–Crippen LogP) is 0.909. The highest BCUT2D eigenvalue weighted by atomic mass is 16.5. The Labute approximate surface area is 186 Å². The van der Waals surface area contributed by atoms with E-state index in [9.17, 15) is 14.4 Å². The van der Waals surface area contributed by atoms with Crippen molar-refractivity contribution in [3.05, 3.63) is 47.8 Å². The molecule has 1 atom stereocenters. The van der Waals surface area contributed by atoms with Crippen LogP contribution >= 0.6 is 0 Å². The summed E-state index contributed by atoms with van der Waals surface area (Å²) in [4.78, 5) is 51.8. The predicted molar refractivity (Wildman–Crippen MR) is 116 cm³/mol. The van der Waals surface area contributed by atoms with E-state index in [0.717, 1.165) is 10.5 Å². The van der Waals surface area contributed by atoms with Gasteiger partial charge in [-0.25, -0.2) is 14.8 Å². The Morgan fingerprint density at radius 3 is 2.47 bits per heavy atom. The van der Waals surface area contributed by atoms with Crippen LogP contribution in [0.15, 0.2) is 36.7 Å². The van der Waals surface area contributed by atoms with Crippen molar-refractivity contribution < 1.29 is 19.1 Å². The zero-order valence-corrected chi connectivity index (χ0v) is 18.4. The molecule has 0 bridgehead atoms. The van der Waals surface area contributed by atoms with Gasteiger partial charge in [0.2, 0.25) is 11.9 Å². The van der Waals surface area contributed by atoms with Crippen LogP contribution in [0.2, 0.25) is 0 Å². The molecule has 4 amide bonds. The zero-order chi connectivity index (χ0) is 22.9. The van der Waals surface area contributed by atoms with Gasteiger partial charge < -0.3 is 19.9 Å². The number of ether oxygens (including phenoxy) is 1. The average molecular weight is 438 g/mol. The van der Waals surface area contributed by atoms with Gasteiger partial charge in [-0.3, -0.25) is 14.5 Å². The van der Waals surface area contributed by atoms with E-state index in [4.69, 9.17) is 4.74 Å². The average Bonchev–Trinajstić information content (AvgIpc) is 3.03. The molecule has 2 aromatic rings. The minimum atomic E-state index is -1.24. The minimum Gasteiger partial charge on any atom is -0.496 e. The Morgan fingerprint density at radius 2 is 1.84 bits per heavy atom. The van der Waals surface area contributed by atoms with Gasteiger partial charge in [-0.1, -0.05) is 6.07 Å². The Kier molecular flexibility index (Phi) is 5.68. The number of piperazine rings is 1. The lowest BCUT2D eigenvalue weighted by molar-refractivity contribution is -0.139. The highest BCUT2D eigenvalue weighted by Crippen LogP contribution is 2.31. The molecule has 2 aliphatic rings. The largest absolute Gasteiger partial charge is 0.496 e. The number of nitrogens with zero attached hydrogens (tertiary/aromatic N) is 5. The number of aromatic nitrogens is 2. The van der Waals surface area contributed by atoms with Crippen molar-refractivity contribution >= 4 is 23.8 Å². The number of aryl methyl sites for hydroxylation is 1. The van der Waals surface area contributed by atoms with Gasteiger partial charge in [-0.2, -0.15) is 0 Å². The first-order valence-electron chi connectivity index (χ1n) is 10.4. The van der Waals surface area contributed by atoms with E-state index in [1.165, 1.54) is 0 Å². The van der Waals surface area contributed by atoms with Crippen LogP contribution in [0, 0.1) is 6.92 Å². The summed E-state index contributed by atoms with van der Waals surface area (Å²) in [5.74, 6) is 0.606. The normalized spacial score (nSPS) is 21.0. The quantitative estimate of drug-likeness (QED) is 0.692. The molecule has 0 saturated carbocycles. The van der Waals surface area contributed by atoms with Gasteiger partial charge in [-0.05, 0) is 43.2 Å². The summed E-state index contributed by atoms with van der Waals surface area (Å²) >= 11 is 0. The van der Waals surface area contributed by atoms with Crippen molar-refractivity contribution in [3.8, 4) is 5.75 Å². The Morgan fingerprint density at radius 1 is 1.16 bits per heavy atom. The summed E-state index contributed by atoms with van der Waals surface area (Å²) in [5.41, 5.74) is 0.251. The van der Waals surface area contributed by atoms with E-state index in [2.05, 4.69) is 15.3 Å². The number of methoxy groups -OCH3 is 1. The fraction of sp³-hybridized carbons (Fsp3) is 0.409. The van der Waals surface area contributed by atoms with E-state index in [1.807, 2.05) is 17.9 Å². The Bertz CT molecular complexity index is 1040. The number of hydrogen-bond acceptors (Lipinski definition) is 7. The lowest BCUT2D eigenvalue weighted by Crippen LogP contribution is -2.52. The molecule has 0 aliphatic carbocycles. The second-order valence-corrected chi connectivity index (χ2v) is 8.05. The van der Waals surface area contributed by atoms with Crippen LogP contribution in [0.1, 0.15) is 18.1 Å². The third kappa shape index (κ3) is 3.83. The smallest absolute Gasteiger partial charge is 0.325 e. The van der Waals surface area contributed by atoms with Gasteiger partial charge in [0.15, 0.2) is 0 Å². The third-order valence-corrected chi connectivity index (χ3v) is 6.01. The molecule has 3 heterocycles. The number of rotatable bonds is 5. The molecule has 4 rings (SSSR count). The van der Waals surface area contributed by atoms with Crippen LogP contribution < -0.4 is 15.0 Å². The van der Waals surface area contributed by atoms with E-state index >= 15 is 0 Å². The summed E-state index contributed by atoms with van der Waals surface area (Å²) in [5, 5.41) is 2.75. The second kappa shape index (κ2) is 8.45. The maximum absolute atomic E-state index is 13.2. The zero-order valence-electron chi connectivity index (χ0n) is 18.4. The number of carbonyl (C=O) groups excluding carboxylic acids is 3. The SMILES string of the molecule is COc1ccc(C2(C)NC(=O)N(CC(=O)N3CCN(c4ncccn4)CC3)C2=O)cc1C. The van der Waals surface area contributed by atoms with Crippen molar-refractivity contribution in [1.82, 2.24) is 25.1 Å². The fourth-order valence-corrected chi connectivity index (χ4v) is 4.07. The van der Waals surface area contributed by atoms with Crippen molar-refractivity contribution in [1.29, 1.82) is 0 Å². The molecule has 10 nitrogen and oxygen atoms in total. The number of urea groups is 1. The Hall–Kier alpha value is -3.69. The molecule has 1 aromatic heterocycles. The number of nitrogens with one attached hydrogen (secondary N) is 1. The monoisotopic (exact) mass is 438 g/mol. The number of carbonyl (C=O) groups is 3. The van der Waals surface area contributed by atoms with Gasteiger partial charge in [0, 0.05) is 38.6 Å². The maximum Gasteiger partial charge on any atom is 0.325 e. The number of benzene rings is 1. The molecule has 0 spiro atoms. The van der Waals surface area contributed by atoms with Gasteiger partial charge in [0.05, 0.1) is 7.11 Å². The first-order chi connectivity index (χ1) is 15.3. The molecule has 1 unspecified atom stereocenters. The maximum atomic E-state index is 13.2. The van der Waals surface area contributed by atoms with Crippen molar-refractivity contribution in [3.63, 3.8) is 0 Å². The van der Waals surface area contributed by atoms with Crippen molar-refractivity contribution in [2.45, 2.75) is 19.4 Å². The van der Waals surface area contributed by atoms with Gasteiger partial charge in [0.1, 0.15) is 17.8 Å². The molecule has 2 saturated heterocycles. The van der Waals surface area contributed by atoms with Crippen LogP contribution in [-0.2, 0) is 15.1 Å². The molecule has 10 heteroatoms. The van der Waals surface area contributed by atoms with Crippen LogP contribution in [0.4, 0.5) is 10.7 Å². The third-order valence-electron chi connectivity index (χ3n) is 6.01. The van der Waals surface area contributed by atoms with Crippen LogP contribution in [0.3, 0.4) is 0 Å². The van der Waals surface area contributed by atoms with E-state index in [0.29, 0.717) is 43.4 Å². The number of anilines is 1. The minimum absolute atomic E-state index is 0.266. The molecule has 0 radical (unpaired) electrons. The standard InChI is InChI=1S/C22H26N6O4/c1-15-13-16(5-6-17(15)32-3)22(2)19(30)28(21(31)25-22)14-18(29)26-9-11-27(12-10-26)20-23-7-4-8-24-20/h4-8,13H,9-12,14H2,1-3H3,(H,25,31). The lowest BCUT2D eigenvalue weighted by Gasteiger charge is -2.35. The lowest BCUT2D eigenvalue weighted by atomic mass is 9.90. The molecule has 32 heavy (non-hydrogen) atoms. The first kappa shape index (κ1) is 21.5. The number of imide groups is 1. The van der Waals surface area contributed by atoms with Crippen LogP contribution in [0.5, 0.6) is 5.75 Å². The van der Waals surface area contributed by atoms with E-state index < -0.39 is 17.5 Å². The Balaban J connectivity index is 1.41. The van der Waals surface area contributed by atoms with Gasteiger partial charge in [0.25, 0.3) is 5.91 Å². The van der Waals surface area contributed by atoms with Crippen molar-refractivity contribution in [2.24, 2.45) is 0 Å². The highest BCUT2D eigenvalue weighted by molar-refractivity contribution is 6.09. The molecule has 168 valence electrons. The van der Waals surface area contributed by atoms with E-state index in [-0.39, 0.29) is 12.5 Å². The van der Waals surface area contributed by atoms with E-state index in [1.54, 1.807) is 49.5 Å². The highest BCUT2D eigenvalue weighted by Gasteiger charge is 2.50. The molecule has 2 aliphatic heterocycles. The summed E-state index contributed by atoms with van der Waals surface area (Å²) in [6.07, 6.45) is 3.36. The molecule has 1 aromatic carbocycles. The summed E-state index contributed by atoms with van der Waals surface area (Å²) in [7, 11) is 1.58. The molecular formula is C22H26N6O4. The second-order valence-electron chi connectivity index (χ2n) is 8.05. The van der Waals surface area contributed by atoms with Gasteiger partial charge >= 0.3 is 6.03 Å². The first-order valence-corrected chi connectivity index (χ1v) is 10.4. The summed E-state index contributed by atoms with van der Waals surface area (Å²) in [6, 6.07) is 6.50. The van der Waals surface area contributed by atoms with Gasteiger partial charge in [-0.15, -0.1) is 0 Å². The van der Waals surface area contributed by atoms with Crippen LogP contribution in [0.25, 0.3) is 0 Å². The van der Waals surface area contributed by atoms with Crippen LogP contribution in [-0.4, -0.2) is 77.4 Å². The fourth-order valence-electron chi connectivity index (χ4n) is 4.07. The topological polar surface area (TPSA) is 108 Å². The summed E-state index contributed by atoms with van der Waals surface area (Å²) in [6.45, 7) is 5.33. The number of amides is 4. The molecular weight excluding hydrogens is 412 g/mol. The summed E-state index contributed by atoms with van der Waals surface area (Å²) < 4.78 is 5.28. The molecule has 2 fully saturated rings. The molecule has 1 N–H and O–H groups in total.